The van der Waals surface area contributed by atoms with Gasteiger partial charge in [-0.1, -0.05) is 103 Å². The van der Waals surface area contributed by atoms with Gasteiger partial charge in [-0.15, -0.1) is 6.42 Å². The monoisotopic (exact) mass is 331 g/mol. The Morgan fingerprint density at radius 2 is 1.42 bits per heavy atom. The summed E-state index contributed by atoms with van der Waals surface area (Å²) in [6, 6.07) is 0. The molecule has 137 valence electrons. The Labute approximate surface area is 152 Å². The number of ether oxygens (including phenoxy) is 1. The first kappa shape index (κ1) is 22.9. The van der Waals surface area contributed by atoms with Crippen LogP contribution in [0.1, 0.15) is 110 Å². The van der Waals surface area contributed by atoms with Crippen molar-refractivity contribution < 1.29 is 4.74 Å². The second-order valence-corrected chi connectivity index (χ2v) is 6.69. The van der Waals surface area contributed by atoms with Crippen LogP contribution in [-0.2, 0) is 4.74 Å². The smallest absolute Gasteiger partial charge is 0.170 e. The molecule has 1 atom stereocenters. The Kier molecular flexibility index (Phi) is 19.1. The lowest BCUT2D eigenvalue weighted by molar-refractivity contribution is 0.205. The van der Waals surface area contributed by atoms with Crippen LogP contribution < -0.4 is 0 Å². The van der Waals surface area contributed by atoms with Gasteiger partial charge in [0.2, 0.25) is 0 Å². The molecule has 0 aliphatic carbocycles. The molecular formula is C23H39O. The van der Waals surface area contributed by atoms with Crippen LogP contribution in [0, 0.1) is 31.3 Å². The van der Waals surface area contributed by atoms with Gasteiger partial charge in [-0.25, -0.2) is 0 Å². The predicted molar refractivity (Wildman–Crippen MR) is 106 cm³/mol. The highest BCUT2D eigenvalue weighted by atomic mass is 16.5. The Balaban J connectivity index is 3.47. The lowest BCUT2D eigenvalue weighted by Crippen LogP contribution is -2.06. The van der Waals surface area contributed by atoms with Gasteiger partial charge in [0.15, 0.2) is 6.10 Å². The topological polar surface area (TPSA) is 9.23 Å². The molecule has 0 heterocycles. The summed E-state index contributed by atoms with van der Waals surface area (Å²) in [6.45, 7) is 6.12. The minimum atomic E-state index is -0.133. The van der Waals surface area contributed by atoms with E-state index < -0.39 is 0 Å². The molecule has 0 fully saturated rings. The van der Waals surface area contributed by atoms with E-state index in [1.165, 1.54) is 77.0 Å². The van der Waals surface area contributed by atoms with Crippen molar-refractivity contribution in [1.82, 2.24) is 0 Å². The fraction of sp³-hybridized carbons (Fsp3) is 0.783. The Bertz CT molecular complexity index is 341. The first-order chi connectivity index (χ1) is 11.8. The fourth-order valence-corrected chi connectivity index (χ4v) is 2.72. The summed E-state index contributed by atoms with van der Waals surface area (Å²) in [4.78, 5) is 0. The molecule has 0 spiro atoms. The highest BCUT2D eigenvalue weighted by Gasteiger charge is 2.03. The van der Waals surface area contributed by atoms with Crippen LogP contribution in [-0.4, -0.2) is 6.10 Å². The van der Waals surface area contributed by atoms with Gasteiger partial charge in [0.1, 0.15) is 6.11 Å². The first-order valence-electron chi connectivity index (χ1n) is 10.2. The molecule has 1 heteroatoms. The Hall–Kier alpha value is -1.08. The zero-order chi connectivity index (χ0) is 17.7. The summed E-state index contributed by atoms with van der Waals surface area (Å²) in [5.74, 6) is 5.81. The van der Waals surface area contributed by atoms with Gasteiger partial charge in [-0.05, 0) is 19.3 Å². The van der Waals surface area contributed by atoms with Crippen molar-refractivity contribution in [2.24, 2.45) is 0 Å². The average molecular weight is 332 g/mol. The van der Waals surface area contributed by atoms with Gasteiger partial charge in [0, 0.05) is 6.42 Å². The summed E-state index contributed by atoms with van der Waals surface area (Å²) < 4.78 is 5.49. The van der Waals surface area contributed by atoms with E-state index in [2.05, 4.69) is 31.8 Å². The summed E-state index contributed by atoms with van der Waals surface area (Å²) in [5, 5.41) is 0. The molecule has 0 N–H and O–H groups in total. The van der Waals surface area contributed by atoms with Gasteiger partial charge < -0.3 is 4.74 Å². The van der Waals surface area contributed by atoms with Gasteiger partial charge in [0.25, 0.3) is 0 Å². The molecule has 0 rings (SSSR count). The van der Waals surface area contributed by atoms with Crippen molar-refractivity contribution in [2.75, 3.05) is 0 Å². The van der Waals surface area contributed by atoms with Crippen molar-refractivity contribution in [3.05, 3.63) is 6.92 Å². The van der Waals surface area contributed by atoms with Gasteiger partial charge in [0.05, 0.1) is 0 Å². The zero-order valence-corrected chi connectivity index (χ0v) is 16.1. The molecule has 0 saturated heterocycles. The number of hydrogen-bond donors (Lipinski definition) is 0. The van der Waals surface area contributed by atoms with Crippen LogP contribution in [0.3, 0.4) is 0 Å². The van der Waals surface area contributed by atoms with E-state index in [-0.39, 0.29) is 6.10 Å². The fourth-order valence-electron chi connectivity index (χ4n) is 2.72. The number of rotatable bonds is 16. The molecular weight excluding hydrogens is 292 g/mol. The van der Waals surface area contributed by atoms with Crippen LogP contribution in [0.5, 0.6) is 0 Å². The van der Waals surface area contributed by atoms with Crippen molar-refractivity contribution in [1.29, 1.82) is 0 Å². The summed E-state index contributed by atoms with van der Waals surface area (Å²) in [5.41, 5.74) is 0. The van der Waals surface area contributed by atoms with Crippen molar-refractivity contribution in [3.63, 3.8) is 0 Å². The average Bonchev–Trinajstić information content (AvgIpc) is 2.60. The first-order valence-corrected chi connectivity index (χ1v) is 10.2. The normalized spacial score (nSPS) is 11.4. The molecule has 0 aromatic heterocycles. The number of unbranched alkanes of at least 4 members (excludes halogenated alkanes) is 13. The third kappa shape index (κ3) is 17.3. The van der Waals surface area contributed by atoms with Gasteiger partial charge in [-0.3, -0.25) is 0 Å². The number of terminal acetylenes is 1. The molecule has 0 aromatic rings. The minimum absolute atomic E-state index is 0.133. The maximum Gasteiger partial charge on any atom is 0.170 e. The SMILES string of the molecule is C#CC(CCCCCCCC[CH2])OC#CCCCCCCCCC. The van der Waals surface area contributed by atoms with E-state index in [4.69, 9.17) is 11.2 Å². The second kappa shape index (κ2) is 20.0. The standard InChI is InChI=1S/C23H39O/c1-4-7-9-11-13-14-16-18-20-22-24-23(6-3)21-19-17-15-12-10-8-5-2/h3,23H,2,4-5,7-19,21H2,1H3. The Morgan fingerprint density at radius 1 is 0.833 bits per heavy atom. The predicted octanol–water partition coefficient (Wildman–Crippen LogP) is 7.06. The molecule has 1 nitrogen and oxygen atoms in total. The van der Waals surface area contributed by atoms with Crippen LogP contribution in [0.15, 0.2) is 0 Å². The lowest BCUT2D eigenvalue weighted by atomic mass is 10.1. The summed E-state index contributed by atoms with van der Waals surface area (Å²) in [6.07, 6.45) is 27.9. The van der Waals surface area contributed by atoms with E-state index in [0.29, 0.717) is 0 Å². The maximum atomic E-state index is 5.52. The third-order valence-corrected chi connectivity index (χ3v) is 4.33. The quantitative estimate of drug-likeness (QED) is 0.217. The maximum absolute atomic E-state index is 5.52. The number of hydrogen-bond acceptors (Lipinski definition) is 1. The van der Waals surface area contributed by atoms with Crippen LogP contribution in [0.25, 0.3) is 0 Å². The Morgan fingerprint density at radius 3 is 2.04 bits per heavy atom. The van der Waals surface area contributed by atoms with Gasteiger partial charge in [-0.2, -0.15) is 0 Å². The molecule has 0 saturated carbocycles. The lowest BCUT2D eigenvalue weighted by Gasteiger charge is -2.07. The highest BCUT2D eigenvalue weighted by Crippen LogP contribution is 2.11. The molecule has 0 amide bonds. The van der Waals surface area contributed by atoms with E-state index in [0.717, 1.165) is 25.7 Å². The molecule has 0 aliphatic rings. The molecule has 1 unspecified atom stereocenters. The molecule has 0 bridgehead atoms. The van der Waals surface area contributed by atoms with Crippen molar-refractivity contribution >= 4 is 0 Å². The van der Waals surface area contributed by atoms with Crippen molar-refractivity contribution in [2.45, 2.75) is 116 Å². The van der Waals surface area contributed by atoms with Crippen molar-refractivity contribution in [3.8, 4) is 24.4 Å². The van der Waals surface area contributed by atoms with E-state index in [9.17, 15) is 0 Å². The van der Waals surface area contributed by atoms with Crippen LogP contribution in [0.4, 0.5) is 0 Å². The van der Waals surface area contributed by atoms with E-state index in [1.54, 1.807) is 0 Å². The summed E-state index contributed by atoms with van der Waals surface area (Å²) >= 11 is 0. The largest absolute Gasteiger partial charge is 0.430 e. The molecule has 0 aliphatic heterocycles. The minimum Gasteiger partial charge on any atom is -0.430 e. The molecule has 1 radical (unpaired) electrons. The highest BCUT2D eigenvalue weighted by molar-refractivity contribution is 4.99. The van der Waals surface area contributed by atoms with Crippen LogP contribution >= 0.6 is 0 Å². The van der Waals surface area contributed by atoms with Crippen LogP contribution in [0.2, 0.25) is 0 Å². The van der Waals surface area contributed by atoms with E-state index in [1.807, 2.05) is 0 Å². The second-order valence-electron chi connectivity index (χ2n) is 6.69. The van der Waals surface area contributed by atoms with E-state index >= 15 is 0 Å². The van der Waals surface area contributed by atoms with Gasteiger partial charge >= 0.3 is 0 Å². The summed E-state index contributed by atoms with van der Waals surface area (Å²) in [7, 11) is 0. The molecule has 0 aromatic carbocycles. The molecule has 24 heavy (non-hydrogen) atoms. The third-order valence-electron chi connectivity index (χ3n) is 4.33. The zero-order valence-electron chi connectivity index (χ0n) is 16.1.